The van der Waals surface area contributed by atoms with E-state index in [4.69, 9.17) is 21.4 Å². The standard InChI is InChI=1S/C16H11BrClN3O3S/c1-8-7-25-16(20-8)21-14-13(5-10(17)6-19-14)24-12-4-9(15(22)23)2-3-11(12)18/h2-7H,1H3,(H,22,23)(H,19,20,21). The number of hydrogen-bond acceptors (Lipinski definition) is 6. The van der Waals surface area contributed by atoms with Gasteiger partial charge in [0.25, 0.3) is 0 Å². The molecule has 0 radical (unpaired) electrons. The smallest absolute Gasteiger partial charge is 0.335 e. The van der Waals surface area contributed by atoms with E-state index in [1.807, 2.05) is 12.3 Å². The Bertz CT molecular complexity index is 948. The van der Waals surface area contributed by atoms with Crippen LogP contribution in [0.5, 0.6) is 11.5 Å². The second kappa shape index (κ2) is 7.38. The van der Waals surface area contributed by atoms with Crippen LogP contribution in [0.4, 0.5) is 10.9 Å². The van der Waals surface area contributed by atoms with E-state index in [0.29, 0.717) is 26.2 Å². The zero-order chi connectivity index (χ0) is 18.0. The number of benzene rings is 1. The number of rotatable bonds is 5. The highest BCUT2D eigenvalue weighted by Crippen LogP contribution is 2.36. The largest absolute Gasteiger partial charge is 0.478 e. The summed E-state index contributed by atoms with van der Waals surface area (Å²) in [6.45, 7) is 1.89. The Balaban J connectivity index is 1.95. The van der Waals surface area contributed by atoms with Gasteiger partial charge in [0.1, 0.15) is 5.75 Å². The second-order valence-corrected chi connectivity index (χ2v) is 7.15. The number of carboxylic acid groups (broad SMARTS) is 1. The second-order valence-electron chi connectivity index (χ2n) is 4.97. The molecular weight excluding hydrogens is 430 g/mol. The first-order valence-electron chi connectivity index (χ1n) is 6.98. The van der Waals surface area contributed by atoms with Crippen molar-refractivity contribution in [3.8, 4) is 11.5 Å². The first-order valence-corrected chi connectivity index (χ1v) is 9.03. The summed E-state index contributed by atoms with van der Waals surface area (Å²) in [5.41, 5.74) is 0.969. The van der Waals surface area contributed by atoms with Gasteiger partial charge in [-0.25, -0.2) is 14.8 Å². The molecule has 0 unspecified atom stereocenters. The van der Waals surface area contributed by atoms with Crippen molar-refractivity contribution >= 4 is 55.8 Å². The fourth-order valence-corrected chi connectivity index (χ4v) is 3.09. The molecule has 0 saturated heterocycles. The minimum absolute atomic E-state index is 0.0763. The fourth-order valence-electron chi connectivity index (χ4n) is 1.94. The van der Waals surface area contributed by atoms with E-state index < -0.39 is 5.97 Å². The van der Waals surface area contributed by atoms with Crippen LogP contribution in [0.1, 0.15) is 16.1 Å². The third kappa shape index (κ3) is 4.28. The quantitative estimate of drug-likeness (QED) is 0.545. The molecule has 0 spiro atoms. The van der Waals surface area contributed by atoms with E-state index in [1.54, 1.807) is 12.3 Å². The number of hydrogen-bond donors (Lipinski definition) is 2. The van der Waals surface area contributed by atoms with Crippen LogP contribution >= 0.6 is 38.9 Å². The van der Waals surface area contributed by atoms with Crippen molar-refractivity contribution in [2.75, 3.05) is 5.32 Å². The maximum absolute atomic E-state index is 11.1. The minimum atomic E-state index is -1.06. The number of pyridine rings is 1. The molecule has 6 nitrogen and oxygen atoms in total. The van der Waals surface area contributed by atoms with Gasteiger partial charge in [-0.2, -0.15) is 0 Å². The number of carboxylic acids is 1. The molecule has 128 valence electrons. The lowest BCUT2D eigenvalue weighted by molar-refractivity contribution is 0.0696. The molecule has 0 aliphatic heterocycles. The van der Waals surface area contributed by atoms with Gasteiger partial charge in [0.05, 0.1) is 16.3 Å². The number of nitrogens with one attached hydrogen (secondary N) is 1. The molecule has 1 aromatic carbocycles. The van der Waals surface area contributed by atoms with Gasteiger partial charge in [0.2, 0.25) is 0 Å². The fraction of sp³-hybridized carbons (Fsp3) is 0.0625. The molecule has 0 saturated carbocycles. The summed E-state index contributed by atoms with van der Waals surface area (Å²) in [6.07, 6.45) is 1.62. The average molecular weight is 441 g/mol. The van der Waals surface area contributed by atoms with Gasteiger partial charge in [-0.3, -0.25) is 0 Å². The molecule has 2 N–H and O–H groups in total. The van der Waals surface area contributed by atoms with Gasteiger partial charge in [-0.1, -0.05) is 11.6 Å². The van der Waals surface area contributed by atoms with Crippen LogP contribution in [0.15, 0.2) is 40.3 Å². The summed E-state index contributed by atoms with van der Waals surface area (Å²) in [5.74, 6) is -0.0219. The lowest BCUT2D eigenvalue weighted by Crippen LogP contribution is -1.99. The molecule has 0 fully saturated rings. The third-order valence-corrected chi connectivity index (χ3v) is 4.68. The number of thiazole rings is 1. The summed E-state index contributed by atoms with van der Waals surface area (Å²) < 4.78 is 6.52. The molecule has 0 atom stereocenters. The summed E-state index contributed by atoms with van der Waals surface area (Å²) in [6, 6.07) is 5.96. The molecule has 25 heavy (non-hydrogen) atoms. The van der Waals surface area contributed by atoms with Gasteiger partial charge in [0, 0.05) is 22.1 Å². The average Bonchev–Trinajstić information content (AvgIpc) is 2.97. The van der Waals surface area contributed by atoms with E-state index in [2.05, 4.69) is 31.2 Å². The number of aromatic carboxylic acids is 1. The van der Waals surface area contributed by atoms with Gasteiger partial charge >= 0.3 is 5.97 Å². The lowest BCUT2D eigenvalue weighted by Gasteiger charge is -2.12. The number of nitrogens with zero attached hydrogens (tertiary/aromatic N) is 2. The first-order chi connectivity index (χ1) is 11.9. The highest BCUT2D eigenvalue weighted by atomic mass is 79.9. The van der Waals surface area contributed by atoms with Crippen LogP contribution < -0.4 is 10.1 Å². The first kappa shape index (κ1) is 17.7. The zero-order valence-electron chi connectivity index (χ0n) is 12.8. The number of ether oxygens (including phenoxy) is 1. The predicted octanol–water partition coefficient (Wildman–Crippen LogP) is 5.50. The molecule has 2 aromatic heterocycles. The Hall–Kier alpha value is -2.16. The van der Waals surface area contributed by atoms with E-state index in [1.165, 1.54) is 29.5 Å². The van der Waals surface area contributed by atoms with Gasteiger partial charge < -0.3 is 15.2 Å². The van der Waals surface area contributed by atoms with Crippen molar-refractivity contribution in [1.29, 1.82) is 0 Å². The SMILES string of the molecule is Cc1csc(Nc2ncc(Br)cc2Oc2cc(C(=O)O)ccc2Cl)n1. The highest BCUT2D eigenvalue weighted by Gasteiger charge is 2.14. The highest BCUT2D eigenvalue weighted by molar-refractivity contribution is 9.10. The van der Waals surface area contributed by atoms with Crippen LogP contribution in [-0.4, -0.2) is 21.0 Å². The van der Waals surface area contributed by atoms with Crippen LogP contribution in [0, 0.1) is 6.92 Å². The number of aryl methyl sites for hydroxylation is 1. The maximum Gasteiger partial charge on any atom is 0.335 e. The molecule has 0 bridgehead atoms. The Morgan fingerprint density at radius 2 is 2.16 bits per heavy atom. The van der Waals surface area contributed by atoms with Crippen LogP contribution in [-0.2, 0) is 0 Å². The van der Waals surface area contributed by atoms with E-state index in [0.717, 1.165) is 5.69 Å². The Morgan fingerprint density at radius 3 is 2.84 bits per heavy atom. The third-order valence-electron chi connectivity index (χ3n) is 3.06. The molecule has 0 amide bonds. The molecule has 3 rings (SSSR count). The topological polar surface area (TPSA) is 84.3 Å². The van der Waals surface area contributed by atoms with Crippen molar-refractivity contribution in [2.45, 2.75) is 6.92 Å². The summed E-state index contributed by atoms with van der Waals surface area (Å²) in [5, 5.41) is 15.1. The van der Waals surface area contributed by atoms with Crippen LogP contribution in [0.3, 0.4) is 0 Å². The van der Waals surface area contributed by atoms with Crippen molar-refractivity contribution in [3.05, 3.63) is 56.6 Å². The van der Waals surface area contributed by atoms with Crippen molar-refractivity contribution in [3.63, 3.8) is 0 Å². The summed E-state index contributed by atoms with van der Waals surface area (Å²) >= 11 is 10.9. The van der Waals surface area contributed by atoms with E-state index in [-0.39, 0.29) is 11.3 Å². The van der Waals surface area contributed by atoms with Gasteiger partial charge in [-0.15, -0.1) is 11.3 Å². The van der Waals surface area contributed by atoms with Gasteiger partial charge in [-0.05, 0) is 41.1 Å². The number of carbonyl (C=O) groups is 1. The van der Waals surface area contributed by atoms with Crippen LogP contribution in [0.25, 0.3) is 0 Å². The summed E-state index contributed by atoms with van der Waals surface area (Å²) in [4.78, 5) is 19.8. The van der Waals surface area contributed by atoms with Crippen LogP contribution in [0.2, 0.25) is 5.02 Å². The summed E-state index contributed by atoms with van der Waals surface area (Å²) in [7, 11) is 0. The van der Waals surface area contributed by atoms with Crippen molar-refractivity contribution in [2.24, 2.45) is 0 Å². The number of halogens is 2. The molecular formula is C16H11BrClN3O3S. The Kier molecular flexibility index (Phi) is 5.22. The van der Waals surface area contributed by atoms with E-state index in [9.17, 15) is 4.79 Å². The number of anilines is 2. The van der Waals surface area contributed by atoms with Gasteiger partial charge in [0.15, 0.2) is 16.7 Å². The number of aromatic nitrogens is 2. The van der Waals surface area contributed by atoms with E-state index >= 15 is 0 Å². The van der Waals surface area contributed by atoms with Crippen molar-refractivity contribution < 1.29 is 14.6 Å². The Labute approximate surface area is 160 Å². The molecule has 2 heterocycles. The maximum atomic E-state index is 11.1. The Morgan fingerprint density at radius 1 is 1.36 bits per heavy atom. The lowest BCUT2D eigenvalue weighted by atomic mass is 10.2. The normalized spacial score (nSPS) is 10.5. The molecule has 9 heteroatoms. The predicted molar refractivity (Wildman–Crippen MR) is 101 cm³/mol. The minimum Gasteiger partial charge on any atom is -0.478 e. The molecule has 0 aliphatic carbocycles. The monoisotopic (exact) mass is 439 g/mol. The zero-order valence-corrected chi connectivity index (χ0v) is 15.9. The molecule has 3 aromatic rings. The van der Waals surface area contributed by atoms with Crippen molar-refractivity contribution in [1.82, 2.24) is 9.97 Å². The molecule has 0 aliphatic rings.